The minimum absolute atomic E-state index is 0.0114. The highest BCUT2D eigenvalue weighted by Gasteiger charge is 2.17. The van der Waals surface area contributed by atoms with Crippen LogP contribution in [0, 0.1) is 0 Å². The van der Waals surface area contributed by atoms with E-state index in [4.69, 9.17) is 9.47 Å². The Morgan fingerprint density at radius 2 is 1.74 bits per heavy atom. The number of thioether (sulfide) groups is 1. The van der Waals surface area contributed by atoms with E-state index in [0.29, 0.717) is 39.7 Å². The summed E-state index contributed by atoms with van der Waals surface area (Å²) in [5, 5.41) is 1.05. The molecule has 0 unspecified atom stereocenters. The standard InChI is InChI=1S/C24H18N2O4S/c27-20(17-6-2-1-3-7-17)14-31-24-25-19-9-5-4-8-18(19)23(28)26(24)13-16-10-11-21-22(12-16)30-15-29-21/h1-12H,13-15H2. The van der Waals surface area contributed by atoms with Crippen molar-refractivity contribution in [3.8, 4) is 11.5 Å². The summed E-state index contributed by atoms with van der Waals surface area (Å²) in [6, 6.07) is 22.0. The molecule has 154 valence electrons. The predicted octanol–water partition coefficient (Wildman–Crippen LogP) is 4.15. The number of nitrogens with zero attached hydrogens (tertiary/aromatic N) is 2. The third kappa shape index (κ3) is 3.92. The van der Waals surface area contributed by atoms with Crippen LogP contribution in [0.3, 0.4) is 0 Å². The smallest absolute Gasteiger partial charge is 0.262 e. The maximum absolute atomic E-state index is 13.3. The molecule has 0 fully saturated rings. The van der Waals surface area contributed by atoms with E-state index in [-0.39, 0.29) is 23.9 Å². The Kier molecular flexibility index (Phi) is 5.18. The van der Waals surface area contributed by atoms with Crippen molar-refractivity contribution in [2.45, 2.75) is 11.7 Å². The molecule has 7 heteroatoms. The summed E-state index contributed by atoms with van der Waals surface area (Å²) in [7, 11) is 0. The van der Waals surface area contributed by atoms with Gasteiger partial charge in [-0.15, -0.1) is 0 Å². The number of para-hydroxylation sites is 1. The fourth-order valence-corrected chi connectivity index (χ4v) is 4.35. The zero-order valence-electron chi connectivity index (χ0n) is 16.5. The summed E-state index contributed by atoms with van der Waals surface area (Å²) in [6.07, 6.45) is 0. The molecule has 0 aliphatic carbocycles. The Hall–Kier alpha value is -3.58. The average molecular weight is 430 g/mol. The highest BCUT2D eigenvalue weighted by Crippen LogP contribution is 2.33. The summed E-state index contributed by atoms with van der Waals surface area (Å²) in [4.78, 5) is 30.6. The van der Waals surface area contributed by atoms with Crippen LogP contribution in [0.2, 0.25) is 0 Å². The minimum Gasteiger partial charge on any atom is -0.454 e. The molecule has 6 nitrogen and oxygen atoms in total. The van der Waals surface area contributed by atoms with Crippen LogP contribution >= 0.6 is 11.8 Å². The summed E-state index contributed by atoms with van der Waals surface area (Å²) < 4.78 is 12.4. The number of aromatic nitrogens is 2. The molecular weight excluding hydrogens is 412 g/mol. The fraction of sp³-hybridized carbons (Fsp3) is 0.125. The topological polar surface area (TPSA) is 70.4 Å². The van der Waals surface area contributed by atoms with Crippen molar-refractivity contribution in [1.82, 2.24) is 9.55 Å². The van der Waals surface area contributed by atoms with Gasteiger partial charge in [0.05, 0.1) is 23.2 Å². The SMILES string of the molecule is O=C(CSc1nc2ccccc2c(=O)n1Cc1ccc2c(c1)OCO2)c1ccccc1. The van der Waals surface area contributed by atoms with Gasteiger partial charge in [-0.1, -0.05) is 60.3 Å². The number of carbonyl (C=O) groups excluding carboxylic acids is 1. The number of hydrogen-bond donors (Lipinski definition) is 0. The fourth-order valence-electron chi connectivity index (χ4n) is 3.46. The van der Waals surface area contributed by atoms with Crippen LogP contribution < -0.4 is 15.0 Å². The molecular formula is C24H18N2O4S. The van der Waals surface area contributed by atoms with Crippen molar-refractivity contribution in [2.24, 2.45) is 0 Å². The first kappa shape index (κ1) is 19.4. The first-order valence-corrected chi connectivity index (χ1v) is 10.8. The van der Waals surface area contributed by atoms with E-state index in [1.807, 2.05) is 54.6 Å². The third-order valence-corrected chi connectivity index (χ3v) is 6.01. The molecule has 0 spiro atoms. The van der Waals surface area contributed by atoms with Crippen molar-refractivity contribution in [2.75, 3.05) is 12.5 Å². The largest absolute Gasteiger partial charge is 0.454 e. The molecule has 31 heavy (non-hydrogen) atoms. The quantitative estimate of drug-likeness (QED) is 0.260. The molecule has 0 bridgehead atoms. The highest BCUT2D eigenvalue weighted by molar-refractivity contribution is 7.99. The lowest BCUT2D eigenvalue weighted by Crippen LogP contribution is -2.24. The number of hydrogen-bond acceptors (Lipinski definition) is 6. The molecule has 4 aromatic rings. The molecule has 3 aromatic carbocycles. The second-order valence-corrected chi connectivity index (χ2v) is 8.01. The van der Waals surface area contributed by atoms with E-state index in [9.17, 15) is 9.59 Å². The predicted molar refractivity (Wildman–Crippen MR) is 119 cm³/mol. The average Bonchev–Trinajstić information content (AvgIpc) is 3.28. The van der Waals surface area contributed by atoms with E-state index in [1.54, 1.807) is 22.8 Å². The summed E-state index contributed by atoms with van der Waals surface area (Å²) in [5.74, 6) is 1.53. The number of ketones is 1. The Morgan fingerprint density at radius 3 is 2.61 bits per heavy atom. The minimum atomic E-state index is -0.141. The van der Waals surface area contributed by atoms with Crippen molar-refractivity contribution in [3.05, 3.63) is 94.3 Å². The molecule has 1 aliphatic rings. The highest BCUT2D eigenvalue weighted by atomic mass is 32.2. The van der Waals surface area contributed by atoms with Gasteiger partial charge in [-0.3, -0.25) is 14.2 Å². The van der Waals surface area contributed by atoms with Gasteiger partial charge in [0, 0.05) is 5.56 Å². The summed E-state index contributed by atoms with van der Waals surface area (Å²) >= 11 is 1.27. The molecule has 0 amide bonds. The van der Waals surface area contributed by atoms with Crippen LogP contribution in [0.5, 0.6) is 11.5 Å². The van der Waals surface area contributed by atoms with Gasteiger partial charge >= 0.3 is 0 Å². The molecule has 0 atom stereocenters. The number of benzene rings is 3. The Morgan fingerprint density at radius 1 is 0.968 bits per heavy atom. The van der Waals surface area contributed by atoms with Gasteiger partial charge in [-0.2, -0.15) is 0 Å². The number of ether oxygens (including phenoxy) is 2. The normalized spacial score (nSPS) is 12.3. The van der Waals surface area contributed by atoms with Crippen LogP contribution in [-0.2, 0) is 6.54 Å². The van der Waals surface area contributed by atoms with E-state index >= 15 is 0 Å². The van der Waals surface area contributed by atoms with Gasteiger partial charge in [-0.05, 0) is 29.8 Å². The van der Waals surface area contributed by atoms with Crippen molar-refractivity contribution < 1.29 is 14.3 Å². The van der Waals surface area contributed by atoms with Crippen molar-refractivity contribution >= 4 is 28.4 Å². The number of carbonyl (C=O) groups is 1. The first-order chi connectivity index (χ1) is 15.2. The third-order valence-electron chi connectivity index (χ3n) is 5.03. The van der Waals surface area contributed by atoms with Gasteiger partial charge in [0.2, 0.25) is 6.79 Å². The lowest BCUT2D eigenvalue weighted by molar-refractivity contribution is 0.102. The molecule has 0 N–H and O–H groups in total. The van der Waals surface area contributed by atoms with Gasteiger partial charge in [0.25, 0.3) is 5.56 Å². The van der Waals surface area contributed by atoms with Gasteiger partial charge in [0.1, 0.15) is 0 Å². The Balaban J connectivity index is 1.50. The van der Waals surface area contributed by atoms with Crippen molar-refractivity contribution in [1.29, 1.82) is 0 Å². The monoisotopic (exact) mass is 430 g/mol. The zero-order chi connectivity index (χ0) is 21.2. The second kappa shape index (κ2) is 8.28. The molecule has 1 aromatic heterocycles. The van der Waals surface area contributed by atoms with Crippen LogP contribution in [0.4, 0.5) is 0 Å². The summed E-state index contributed by atoms with van der Waals surface area (Å²) in [5.41, 5.74) is 2.00. The summed E-state index contributed by atoms with van der Waals surface area (Å²) in [6.45, 7) is 0.508. The number of fused-ring (bicyclic) bond motifs is 2. The van der Waals surface area contributed by atoms with E-state index < -0.39 is 0 Å². The Labute approximate surface area is 182 Å². The lowest BCUT2D eigenvalue weighted by Gasteiger charge is -2.13. The molecule has 1 aliphatic heterocycles. The first-order valence-electron chi connectivity index (χ1n) is 9.78. The number of rotatable bonds is 6. The van der Waals surface area contributed by atoms with Gasteiger partial charge < -0.3 is 9.47 Å². The lowest BCUT2D eigenvalue weighted by atomic mass is 10.2. The molecule has 0 saturated heterocycles. The van der Waals surface area contributed by atoms with Gasteiger partial charge in [0.15, 0.2) is 22.4 Å². The van der Waals surface area contributed by atoms with Crippen molar-refractivity contribution in [3.63, 3.8) is 0 Å². The van der Waals surface area contributed by atoms with E-state index in [1.165, 1.54) is 11.8 Å². The molecule has 0 saturated carbocycles. The Bertz CT molecular complexity index is 1330. The van der Waals surface area contributed by atoms with Crippen LogP contribution in [-0.4, -0.2) is 27.9 Å². The van der Waals surface area contributed by atoms with Crippen LogP contribution in [0.15, 0.2) is 82.7 Å². The van der Waals surface area contributed by atoms with Gasteiger partial charge in [-0.25, -0.2) is 4.98 Å². The zero-order valence-corrected chi connectivity index (χ0v) is 17.3. The van der Waals surface area contributed by atoms with Crippen LogP contribution in [0.25, 0.3) is 10.9 Å². The maximum atomic E-state index is 13.3. The maximum Gasteiger partial charge on any atom is 0.262 e. The molecule has 2 heterocycles. The van der Waals surface area contributed by atoms with E-state index in [2.05, 4.69) is 4.98 Å². The molecule has 0 radical (unpaired) electrons. The second-order valence-electron chi connectivity index (χ2n) is 7.07. The molecule has 5 rings (SSSR count). The van der Waals surface area contributed by atoms with Crippen LogP contribution in [0.1, 0.15) is 15.9 Å². The van der Waals surface area contributed by atoms with E-state index in [0.717, 1.165) is 5.56 Å². The number of Topliss-reactive ketones (excluding diaryl/α,β-unsaturated/α-hetero) is 1.